The van der Waals surface area contributed by atoms with Gasteiger partial charge in [0, 0.05) is 22.9 Å². The van der Waals surface area contributed by atoms with Crippen LogP contribution in [0, 0.1) is 12.7 Å². The Morgan fingerprint density at radius 3 is 2.69 bits per heavy atom. The number of carboxylic acids is 1. The van der Waals surface area contributed by atoms with E-state index in [1.807, 2.05) is 55.3 Å². The highest BCUT2D eigenvalue weighted by Gasteiger charge is 2.23. The van der Waals surface area contributed by atoms with Crippen molar-refractivity contribution in [2.45, 2.75) is 45.4 Å². The first-order chi connectivity index (χ1) is 23.9. The number of fused-ring (bicyclic) bond motifs is 1. The molecule has 3 aromatic heterocycles. The molecule has 0 saturated carbocycles. The summed E-state index contributed by atoms with van der Waals surface area (Å²) in [5.74, 6) is -0.331. The number of aromatic nitrogens is 4. The zero-order chi connectivity index (χ0) is 34.6. The molecule has 0 aliphatic carbocycles. The number of benzene rings is 2. The lowest BCUT2D eigenvalue weighted by molar-refractivity contribution is 0.0690. The largest absolute Gasteiger partial charge is 0.491 e. The number of azide groups is 1. The number of aromatic carboxylic acids is 1. The smallest absolute Gasteiger partial charge is 0.355 e. The molecule has 2 aromatic carbocycles. The molecule has 0 atom stereocenters. The summed E-state index contributed by atoms with van der Waals surface area (Å²) in [6.07, 6.45) is 3.78. The first-order valence-corrected chi connectivity index (χ1v) is 17.5. The molecule has 0 amide bonds. The maximum absolute atomic E-state index is 14.6. The highest BCUT2D eigenvalue weighted by Crippen LogP contribution is 2.34. The van der Waals surface area contributed by atoms with Crippen molar-refractivity contribution in [2.24, 2.45) is 5.11 Å². The maximum atomic E-state index is 14.6. The van der Waals surface area contributed by atoms with Crippen LogP contribution in [0.3, 0.4) is 0 Å². The highest BCUT2D eigenvalue weighted by molar-refractivity contribution is 7.22. The molecule has 13 nitrogen and oxygen atoms in total. The van der Waals surface area contributed by atoms with E-state index in [0.717, 1.165) is 40.7 Å². The SMILES string of the molecule is CNCCCc1ccc(OCCCc2sc(N(CCCCN=[N+]=[N-])c3cc(C)c(Nc4nc5ccccc5s4)nn3)nc2C(=O)O)c(F)c1. The van der Waals surface area contributed by atoms with Gasteiger partial charge in [-0.1, -0.05) is 34.7 Å². The number of ether oxygens (including phenoxy) is 1. The van der Waals surface area contributed by atoms with E-state index in [0.29, 0.717) is 65.5 Å². The van der Waals surface area contributed by atoms with Gasteiger partial charge < -0.3 is 25.4 Å². The Labute approximate surface area is 290 Å². The summed E-state index contributed by atoms with van der Waals surface area (Å²) in [6.45, 7) is 3.75. The van der Waals surface area contributed by atoms with Crippen LogP contribution in [-0.4, -0.2) is 64.5 Å². The lowest BCUT2D eigenvalue weighted by Crippen LogP contribution is -2.21. The van der Waals surface area contributed by atoms with Crippen LogP contribution in [0.4, 0.5) is 26.3 Å². The molecule has 49 heavy (non-hydrogen) atoms. The van der Waals surface area contributed by atoms with E-state index in [2.05, 4.69) is 40.8 Å². The van der Waals surface area contributed by atoms with E-state index < -0.39 is 11.8 Å². The topological polar surface area (TPSA) is 174 Å². The first kappa shape index (κ1) is 35.4. The van der Waals surface area contributed by atoms with E-state index in [9.17, 15) is 14.3 Å². The van der Waals surface area contributed by atoms with Crippen LogP contribution in [0.1, 0.15) is 52.2 Å². The van der Waals surface area contributed by atoms with Crippen molar-refractivity contribution in [1.29, 1.82) is 0 Å². The van der Waals surface area contributed by atoms with E-state index in [4.69, 9.17) is 10.3 Å². The summed E-state index contributed by atoms with van der Waals surface area (Å²) < 4.78 is 21.4. The van der Waals surface area contributed by atoms with Crippen molar-refractivity contribution in [2.75, 3.05) is 43.5 Å². The van der Waals surface area contributed by atoms with E-state index in [-0.39, 0.29) is 18.1 Å². The lowest BCUT2D eigenvalue weighted by atomic mass is 10.1. The molecule has 3 heterocycles. The average molecular weight is 705 g/mol. The number of hydrogen-bond donors (Lipinski definition) is 3. The number of nitrogens with one attached hydrogen (secondary N) is 2. The number of anilines is 4. The molecule has 16 heteroatoms. The minimum atomic E-state index is -1.14. The number of carbonyl (C=O) groups is 1. The van der Waals surface area contributed by atoms with Gasteiger partial charge in [0.15, 0.2) is 39.2 Å². The van der Waals surface area contributed by atoms with Crippen molar-refractivity contribution < 1.29 is 19.0 Å². The van der Waals surface area contributed by atoms with Gasteiger partial charge in [-0.05, 0) is 106 Å². The van der Waals surface area contributed by atoms with E-state index >= 15 is 0 Å². The van der Waals surface area contributed by atoms with Crippen molar-refractivity contribution in [1.82, 2.24) is 25.5 Å². The van der Waals surface area contributed by atoms with Crippen LogP contribution in [0.2, 0.25) is 0 Å². The number of aryl methyl sites for hydroxylation is 3. The minimum absolute atomic E-state index is 0.0463. The summed E-state index contributed by atoms with van der Waals surface area (Å²) in [5, 5.41) is 30.0. The summed E-state index contributed by atoms with van der Waals surface area (Å²) in [4.78, 5) is 26.6. The molecule has 0 aliphatic heterocycles. The van der Waals surface area contributed by atoms with Crippen LogP contribution in [0.15, 0.2) is 53.6 Å². The molecular formula is C33H37FN10O3S2. The number of unbranched alkanes of at least 4 members (excludes halogenated alkanes) is 1. The highest BCUT2D eigenvalue weighted by atomic mass is 32.1. The standard InChI is InChI=1S/C33H37FN10O3S2/c1-21-19-28(41-42-30(21)40-32-38-24-10-3-4-11-26(24)48-32)44(17-6-5-16-37-43-35)33-39-29(31(45)46)27(49-33)12-8-18-47-25-14-13-22(20-23(25)34)9-7-15-36-2/h3-4,10-11,13-14,19-20,36H,5-9,12,15-18H2,1-2H3,(H,45,46)(H,38,40,42). The third-order valence-corrected chi connectivity index (χ3v) is 9.62. The molecule has 256 valence electrons. The number of hydrogen-bond acceptors (Lipinski definition) is 12. The second-order valence-electron chi connectivity index (χ2n) is 11.2. The third-order valence-electron chi connectivity index (χ3n) is 7.53. The van der Waals surface area contributed by atoms with Crippen LogP contribution >= 0.6 is 22.7 Å². The molecule has 0 unspecified atom stereocenters. The van der Waals surface area contributed by atoms with Crippen LogP contribution in [-0.2, 0) is 12.8 Å². The zero-order valence-corrected chi connectivity index (χ0v) is 28.9. The Morgan fingerprint density at radius 1 is 1.08 bits per heavy atom. The Hall–Kier alpha value is -4.89. The van der Waals surface area contributed by atoms with E-state index in [1.54, 1.807) is 6.07 Å². The Kier molecular flexibility index (Phi) is 12.6. The normalized spacial score (nSPS) is 11.0. The Morgan fingerprint density at radius 2 is 1.94 bits per heavy atom. The molecule has 0 spiro atoms. The summed E-state index contributed by atoms with van der Waals surface area (Å²) in [6, 6.07) is 14.7. The van der Waals surface area contributed by atoms with Gasteiger partial charge in [-0.25, -0.2) is 19.2 Å². The number of para-hydroxylation sites is 1. The van der Waals surface area contributed by atoms with Gasteiger partial charge in [0.1, 0.15) is 0 Å². The lowest BCUT2D eigenvalue weighted by Gasteiger charge is -2.21. The molecule has 0 aliphatic rings. The monoisotopic (exact) mass is 704 g/mol. The fourth-order valence-electron chi connectivity index (χ4n) is 5.05. The van der Waals surface area contributed by atoms with Gasteiger partial charge >= 0.3 is 5.97 Å². The number of thiazole rings is 2. The fourth-order valence-corrected chi connectivity index (χ4v) is 7.04. The second-order valence-corrected chi connectivity index (χ2v) is 13.2. The number of nitrogens with zero attached hydrogens (tertiary/aromatic N) is 8. The molecular weight excluding hydrogens is 668 g/mol. The van der Waals surface area contributed by atoms with Gasteiger partial charge in [0.2, 0.25) is 0 Å². The fraction of sp³-hybridized carbons (Fsp3) is 0.364. The molecule has 0 fully saturated rings. The first-order valence-electron chi connectivity index (χ1n) is 15.9. The predicted molar refractivity (Wildman–Crippen MR) is 191 cm³/mol. The molecule has 5 aromatic rings. The summed E-state index contributed by atoms with van der Waals surface area (Å²) in [7, 11) is 1.88. The average Bonchev–Trinajstić information content (AvgIpc) is 3.71. The van der Waals surface area contributed by atoms with Crippen molar-refractivity contribution in [3.05, 3.63) is 86.5 Å². The van der Waals surface area contributed by atoms with E-state index in [1.165, 1.54) is 28.7 Å². The minimum Gasteiger partial charge on any atom is -0.491 e. The molecule has 0 saturated heterocycles. The number of rotatable bonds is 19. The zero-order valence-electron chi connectivity index (χ0n) is 27.2. The molecule has 3 N–H and O–H groups in total. The van der Waals surface area contributed by atoms with Crippen LogP contribution in [0.5, 0.6) is 5.75 Å². The van der Waals surface area contributed by atoms with Gasteiger partial charge in [-0.2, -0.15) is 0 Å². The quantitative estimate of drug-likeness (QED) is 0.0333. The molecule has 0 radical (unpaired) electrons. The predicted octanol–water partition coefficient (Wildman–Crippen LogP) is 7.82. The van der Waals surface area contributed by atoms with Gasteiger partial charge in [0.25, 0.3) is 0 Å². The van der Waals surface area contributed by atoms with Gasteiger partial charge in [-0.15, -0.1) is 21.5 Å². The van der Waals surface area contributed by atoms with Gasteiger partial charge in [0.05, 0.1) is 16.8 Å². The third kappa shape index (κ3) is 9.60. The summed E-state index contributed by atoms with van der Waals surface area (Å²) >= 11 is 2.78. The Bertz CT molecular complexity index is 1900. The van der Waals surface area contributed by atoms with Crippen molar-refractivity contribution in [3.63, 3.8) is 0 Å². The summed E-state index contributed by atoms with van der Waals surface area (Å²) in [5.41, 5.74) is 11.2. The molecule has 0 bridgehead atoms. The van der Waals surface area contributed by atoms with Gasteiger partial charge in [-0.3, -0.25) is 0 Å². The maximum Gasteiger partial charge on any atom is 0.355 e. The van der Waals surface area contributed by atoms with Crippen molar-refractivity contribution in [3.8, 4) is 5.75 Å². The Balaban J connectivity index is 1.29. The van der Waals surface area contributed by atoms with Crippen LogP contribution < -0.4 is 20.3 Å². The van der Waals surface area contributed by atoms with Crippen LogP contribution in [0.25, 0.3) is 20.7 Å². The number of halogens is 1. The number of carboxylic acid groups (broad SMARTS) is 1. The van der Waals surface area contributed by atoms with Crippen molar-refractivity contribution >= 4 is 60.8 Å². The molecule has 5 rings (SSSR count). The second kappa shape index (κ2) is 17.5.